The number of nitrogens with one attached hydrogen (secondary N) is 1. The summed E-state index contributed by atoms with van der Waals surface area (Å²) in [6.45, 7) is 9.73. The van der Waals surface area contributed by atoms with Crippen molar-refractivity contribution >= 4 is 17.4 Å². The van der Waals surface area contributed by atoms with E-state index in [1.165, 1.54) is 12.8 Å². The number of aryl methyl sites for hydroxylation is 1. The highest BCUT2D eigenvalue weighted by molar-refractivity contribution is 7.11. The molecule has 2 bridgehead atoms. The number of hydrogen-bond donors (Lipinski definition) is 1. The minimum absolute atomic E-state index is 0.0422. The molecular formula is C17H27N3OS. The Morgan fingerprint density at radius 3 is 2.73 bits per heavy atom. The molecule has 1 heterocycles. The highest BCUT2D eigenvalue weighted by atomic mass is 32.1. The second-order valence-corrected chi connectivity index (χ2v) is 9.13. The van der Waals surface area contributed by atoms with Gasteiger partial charge in [-0.15, -0.1) is 11.3 Å². The number of carbonyl (C=O) groups is 1. The molecule has 122 valence electrons. The summed E-state index contributed by atoms with van der Waals surface area (Å²) in [7, 11) is 1.87. The quantitative estimate of drug-likeness (QED) is 0.920. The van der Waals surface area contributed by atoms with Crippen LogP contribution in [-0.4, -0.2) is 29.0 Å². The number of amides is 2. The van der Waals surface area contributed by atoms with Gasteiger partial charge in [-0.05, 0) is 42.9 Å². The Morgan fingerprint density at radius 1 is 1.50 bits per heavy atom. The fraction of sp³-hybridized carbons (Fsp3) is 0.765. The van der Waals surface area contributed by atoms with Gasteiger partial charge >= 0.3 is 6.03 Å². The van der Waals surface area contributed by atoms with Gasteiger partial charge in [0.05, 0.1) is 11.6 Å². The molecule has 1 N–H and O–H groups in total. The van der Waals surface area contributed by atoms with Gasteiger partial charge < -0.3 is 10.2 Å². The van der Waals surface area contributed by atoms with Gasteiger partial charge in [0, 0.05) is 24.2 Å². The molecule has 5 heteroatoms. The first kappa shape index (κ1) is 15.8. The van der Waals surface area contributed by atoms with Gasteiger partial charge in [-0.1, -0.05) is 20.8 Å². The van der Waals surface area contributed by atoms with Gasteiger partial charge in [-0.25, -0.2) is 9.78 Å². The largest absolute Gasteiger partial charge is 0.335 e. The van der Waals surface area contributed by atoms with Crippen molar-refractivity contribution in [2.75, 3.05) is 7.05 Å². The summed E-state index contributed by atoms with van der Waals surface area (Å²) in [5.41, 5.74) is 0.563. The maximum absolute atomic E-state index is 12.5. The van der Waals surface area contributed by atoms with Gasteiger partial charge in [0.2, 0.25) is 0 Å². The van der Waals surface area contributed by atoms with E-state index in [2.05, 4.69) is 31.1 Å². The molecule has 2 fully saturated rings. The first-order chi connectivity index (χ1) is 10.2. The first-order valence-corrected chi connectivity index (χ1v) is 8.98. The highest BCUT2D eigenvalue weighted by Gasteiger charge is 2.61. The van der Waals surface area contributed by atoms with Crippen molar-refractivity contribution in [3.8, 4) is 0 Å². The second kappa shape index (κ2) is 5.22. The van der Waals surface area contributed by atoms with Gasteiger partial charge in [0.25, 0.3) is 0 Å². The summed E-state index contributed by atoms with van der Waals surface area (Å²) in [6.07, 6.45) is 5.54. The molecule has 0 spiro atoms. The number of carbonyl (C=O) groups excluding carboxylic acids is 1. The molecule has 0 aliphatic heterocycles. The van der Waals surface area contributed by atoms with E-state index in [0.717, 1.165) is 22.2 Å². The number of urea groups is 1. The topological polar surface area (TPSA) is 45.2 Å². The first-order valence-electron chi connectivity index (χ1n) is 8.17. The summed E-state index contributed by atoms with van der Waals surface area (Å²) < 4.78 is 0. The molecule has 0 unspecified atom stereocenters. The van der Waals surface area contributed by atoms with Gasteiger partial charge in [0.15, 0.2) is 0 Å². The Hall–Kier alpha value is -1.10. The SMILES string of the molecule is Cc1ncc(CN(C)C(=O)N[C@@H]2C[C@H]3CC[C@@]2(C)C3(C)C)s1. The van der Waals surface area contributed by atoms with Crippen LogP contribution in [0.2, 0.25) is 0 Å². The van der Waals surface area contributed by atoms with E-state index in [1.54, 1.807) is 16.2 Å². The molecule has 22 heavy (non-hydrogen) atoms. The van der Waals surface area contributed by atoms with E-state index in [1.807, 2.05) is 20.2 Å². The summed E-state index contributed by atoms with van der Waals surface area (Å²) in [5, 5.41) is 4.35. The van der Waals surface area contributed by atoms with Gasteiger partial charge in [0.1, 0.15) is 0 Å². The predicted molar refractivity (Wildman–Crippen MR) is 89.9 cm³/mol. The molecule has 1 aromatic rings. The molecule has 4 nitrogen and oxygen atoms in total. The van der Waals surface area contributed by atoms with Crippen molar-refractivity contribution in [2.24, 2.45) is 16.7 Å². The van der Waals surface area contributed by atoms with Crippen molar-refractivity contribution in [1.29, 1.82) is 0 Å². The van der Waals surface area contributed by atoms with E-state index in [9.17, 15) is 4.79 Å². The Kier molecular flexibility index (Phi) is 3.75. The van der Waals surface area contributed by atoms with Gasteiger partial charge in [-0.3, -0.25) is 0 Å². The van der Waals surface area contributed by atoms with Crippen molar-refractivity contribution < 1.29 is 4.79 Å². The van der Waals surface area contributed by atoms with Crippen LogP contribution in [0.1, 0.15) is 49.9 Å². The highest BCUT2D eigenvalue weighted by Crippen LogP contribution is 2.65. The Balaban J connectivity index is 1.63. The minimum Gasteiger partial charge on any atom is -0.335 e. The van der Waals surface area contributed by atoms with Crippen molar-refractivity contribution in [1.82, 2.24) is 15.2 Å². The van der Waals surface area contributed by atoms with Crippen LogP contribution in [0.25, 0.3) is 0 Å². The maximum atomic E-state index is 12.5. The molecule has 2 aliphatic carbocycles. The van der Waals surface area contributed by atoms with Crippen LogP contribution in [0.4, 0.5) is 4.79 Å². The second-order valence-electron chi connectivity index (χ2n) is 7.81. The third-order valence-corrected chi connectivity index (χ3v) is 7.40. The number of nitrogens with zero attached hydrogens (tertiary/aromatic N) is 2. The van der Waals surface area contributed by atoms with Crippen LogP contribution in [0, 0.1) is 23.7 Å². The molecule has 2 saturated carbocycles. The van der Waals surface area contributed by atoms with Crippen molar-refractivity contribution in [2.45, 2.75) is 59.5 Å². The molecule has 1 aromatic heterocycles. The molecule has 0 aromatic carbocycles. The smallest absolute Gasteiger partial charge is 0.317 e. The summed E-state index contributed by atoms with van der Waals surface area (Å²) in [6, 6.07) is 0.347. The van der Waals surface area contributed by atoms with Crippen molar-refractivity contribution in [3.05, 3.63) is 16.1 Å². The number of fused-ring (bicyclic) bond motifs is 2. The fourth-order valence-electron chi connectivity index (χ4n) is 4.47. The normalized spacial score (nSPS) is 32.2. The lowest BCUT2D eigenvalue weighted by molar-refractivity contribution is 0.119. The molecule has 2 aliphatic rings. The fourth-order valence-corrected chi connectivity index (χ4v) is 5.31. The van der Waals surface area contributed by atoms with E-state index >= 15 is 0 Å². The average molecular weight is 321 g/mol. The lowest BCUT2D eigenvalue weighted by atomic mass is 9.69. The van der Waals surface area contributed by atoms with E-state index < -0.39 is 0 Å². The van der Waals surface area contributed by atoms with Crippen LogP contribution < -0.4 is 5.32 Å². The zero-order chi connectivity index (χ0) is 16.1. The summed E-state index contributed by atoms with van der Waals surface area (Å²) in [4.78, 5) is 19.7. The maximum Gasteiger partial charge on any atom is 0.317 e. The monoisotopic (exact) mass is 321 g/mol. The Labute approximate surface area is 137 Å². The molecule has 3 atom stereocenters. The number of thiazole rings is 1. The number of rotatable bonds is 3. The standard InChI is InChI=1S/C17H27N3OS/c1-11-18-9-13(22-11)10-20(5)15(21)19-14-8-12-6-7-17(14,4)16(12,2)3/h9,12,14H,6-8,10H2,1-5H3,(H,19,21)/t12-,14-,17-/m1/s1. The third-order valence-electron chi connectivity index (χ3n) is 6.50. The van der Waals surface area contributed by atoms with Crippen LogP contribution >= 0.6 is 11.3 Å². The molecule has 0 radical (unpaired) electrons. The molecule has 0 saturated heterocycles. The summed E-state index contributed by atoms with van der Waals surface area (Å²) in [5.74, 6) is 0.747. The van der Waals surface area contributed by atoms with E-state index in [4.69, 9.17) is 0 Å². The van der Waals surface area contributed by atoms with Gasteiger partial charge in [-0.2, -0.15) is 0 Å². The zero-order valence-electron chi connectivity index (χ0n) is 14.3. The lowest BCUT2D eigenvalue weighted by Gasteiger charge is -2.40. The van der Waals surface area contributed by atoms with Crippen molar-refractivity contribution in [3.63, 3.8) is 0 Å². The Bertz CT molecular complexity index is 582. The lowest BCUT2D eigenvalue weighted by Crippen LogP contribution is -2.50. The van der Waals surface area contributed by atoms with Crippen LogP contribution in [0.3, 0.4) is 0 Å². The van der Waals surface area contributed by atoms with E-state index in [0.29, 0.717) is 18.0 Å². The summed E-state index contributed by atoms with van der Waals surface area (Å²) >= 11 is 1.65. The third kappa shape index (κ3) is 2.34. The zero-order valence-corrected chi connectivity index (χ0v) is 15.1. The Morgan fingerprint density at radius 2 is 2.23 bits per heavy atom. The minimum atomic E-state index is 0.0422. The molecule has 2 amide bonds. The predicted octanol–water partition coefficient (Wildman–Crippen LogP) is 3.81. The van der Waals surface area contributed by atoms with Crippen LogP contribution in [0.15, 0.2) is 6.20 Å². The number of hydrogen-bond acceptors (Lipinski definition) is 3. The molecular weight excluding hydrogens is 294 g/mol. The van der Waals surface area contributed by atoms with E-state index in [-0.39, 0.29) is 11.4 Å². The van der Waals surface area contributed by atoms with Crippen LogP contribution in [0.5, 0.6) is 0 Å². The molecule has 3 rings (SSSR count). The average Bonchev–Trinajstić information content (AvgIpc) is 2.99. The number of aromatic nitrogens is 1. The van der Waals surface area contributed by atoms with Crippen LogP contribution in [-0.2, 0) is 6.54 Å².